The van der Waals surface area contributed by atoms with Gasteiger partial charge in [-0.05, 0) is 55.5 Å². The monoisotopic (exact) mass is 478 g/mol. The molecule has 0 saturated carbocycles. The van der Waals surface area contributed by atoms with Crippen molar-refractivity contribution in [2.75, 3.05) is 12.4 Å². The number of methoxy groups -OCH3 is 1. The summed E-state index contributed by atoms with van der Waals surface area (Å²) in [5.41, 5.74) is 2.63. The molecule has 8 nitrogen and oxygen atoms in total. The Morgan fingerprint density at radius 2 is 1.94 bits per heavy atom. The van der Waals surface area contributed by atoms with Crippen LogP contribution in [0.15, 0.2) is 60.7 Å². The van der Waals surface area contributed by atoms with Crippen molar-refractivity contribution in [2.45, 2.75) is 6.92 Å². The summed E-state index contributed by atoms with van der Waals surface area (Å²) in [6.07, 6.45) is 0. The second kappa shape index (κ2) is 9.31. The topological polar surface area (TPSA) is 106 Å². The van der Waals surface area contributed by atoms with Crippen LogP contribution in [-0.4, -0.2) is 28.0 Å². The number of hydrogen-bond acceptors (Lipinski definition) is 7. The lowest BCUT2D eigenvalue weighted by atomic mass is 10.1. The molecule has 4 aromatic rings. The van der Waals surface area contributed by atoms with E-state index in [1.165, 1.54) is 32.2 Å². The Kier molecular flexibility index (Phi) is 6.29. The number of para-hydroxylation sites is 1. The third kappa shape index (κ3) is 4.66. The van der Waals surface area contributed by atoms with Gasteiger partial charge in [0.2, 0.25) is 0 Å². The SMILES string of the molecule is COc1ccc(-c2nc3ccccc3s2)cc1NC(=S)NC(=O)c1cccc([N+](=O)[O-])c1C. The van der Waals surface area contributed by atoms with Gasteiger partial charge in [0.25, 0.3) is 11.6 Å². The molecular weight excluding hydrogens is 460 g/mol. The van der Waals surface area contributed by atoms with E-state index in [-0.39, 0.29) is 21.9 Å². The standard InChI is InChI=1S/C23H18N4O4S2/c1-13-15(6-5-8-18(13)27(29)30)21(28)26-23(32)25-17-12-14(10-11-19(17)31-2)22-24-16-7-3-4-9-20(16)33-22/h3-12H,1-2H3,(H2,25,26,28,32). The molecule has 1 heterocycles. The van der Waals surface area contributed by atoms with Gasteiger partial charge in [-0.3, -0.25) is 20.2 Å². The molecule has 0 unspecified atom stereocenters. The maximum absolute atomic E-state index is 12.7. The summed E-state index contributed by atoms with van der Waals surface area (Å²) < 4.78 is 6.50. The molecule has 3 aromatic carbocycles. The highest BCUT2D eigenvalue weighted by molar-refractivity contribution is 7.80. The predicted molar refractivity (Wildman–Crippen MR) is 133 cm³/mol. The van der Waals surface area contributed by atoms with E-state index in [1.54, 1.807) is 17.4 Å². The first kappa shape index (κ1) is 22.3. The van der Waals surface area contributed by atoms with Crippen LogP contribution in [0.3, 0.4) is 0 Å². The van der Waals surface area contributed by atoms with Crippen LogP contribution < -0.4 is 15.4 Å². The number of fused-ring (bicyclic) bond motifs is 1. The number of rotatable bonds is 5. The number of benzene rings is 3. The minimum atomic E-state index is -0.546. The van der Waals surface area contributed by atoms with Gasteiger partial charge in [0.05, 0.1) is 27.9 Å². The molecule has 0 fully saturated rings. The molecule has 4 rings (SSSR count). The van der Waals surface area contributed by atoms with Crippen molar-refractivity contribution in [1.82, 2.24) is 10.3 Å². The number of thiazole rings is 1. The largest absolute Gasteiger partial charge is 0.495 e. The molecule has 0 bridgehead atoms. The van der Waals surface area contributed by atoms with E-state index in [0.29, 0.717) is 11.4 Å². The van der Waals surface area contributed by atoms with Gasteiger partial charge < -0.3 is 10.1 Å². The van der Waals surface area contributed by atoms with Crippen LogP contribution in [0.1, 0.15) is 15.9 Å². The van der Waals surface area contributed by atoms with Crippen molar-refractivity contribution in [3.63, 3.8) is 0 Å². The number of amides is 1. The molecule has 10 heteroatoms. The van der Waals surface area contributed by atoms with Crippen molar-refractivity contribution in [3.8, 4) is 16.3 Å². The summed E-state index contributed by atoms with van der Waals surface area (Å²) in [6.45, 7) is 1.52. The number of carbonyl (C=O) groups excluding carboxylic acids is 1. The molecule has 0 aliphatic heterocycles. The second-order valence-corrected chi connectivity index (χ2v) is 8.46. The zero-order valence-electron chi connectivity index (χ0n) is 17.6. The second-order valence-electron chi connectivity index (χ2n) is 7.02. The first-order chi connectivity index (χ1) is 15.9. The van der Waals surface area contributed by atoms with Gasteiger partial charge in [-0.2, -0.15) is 0 Å². The lowest BCUT2D eigenvalue weighted by Crippen LogP contribution is -2.34. The predicted octanol–water partition coefficient (Wildman–Crippen LogP) is 5.32. The number of carbonyl (C=O) groups is 1. The Morgan fingerprint density at radius 1 is 1.15 bits per heavy atom. The summed E-state index contributed by atoms with van der Waals surface area (Å²) in [7, 11) is 1.53. The van der Waals surface area contributed by atoms with Crippen LogP contribution in [0.4, 0.5) is 11.4 Å². The van der Waals surface area contributed by atoms with Crippen molar-refractivity contribution >= 4 is 56.2 Å². The fraction of sp³-hybridized carbons (Fsp3) is 0.0870. The van der Waals surface area contributed by atoms with Gasteiger partial charge in [-0.25, -0.2) is 4.98 Å². The Labute approximate surface area is 198 Å². The highest BCUT2D eigenvalue weighted by atomic mass is 32.1. The quantitative estimate of drug-likeness (QED) is 0.227. The zero-order valence-corrected chi connectivity index (χ0v) is 19.3. The Balaban J connectivity index is 1.56. The third-order valence-electron chi connectivity index (χ3n) is 4.96. The van der Waals surface area contributed by atoms with E-state index in [2.05, 4.69) is 15.6 Å². The van der Waals surface area contributed by atoms with Crippen LogP contribution in [0.5, 0.6) is 5.75 Å². The van der Waals surface area contributed by atoms with E-state index in [0.717, 1.165) is 20.8 Å². The lowest BCUT2D eigenvalue weighted by Gasteiger charge is -2.14. The normalized spacial score (nSPS) is 10.6. The number of nitrogens with one attached hydrogen (secondary N) is 2. The zero-order chi connectivity index (χ0) is 23.5. The average Bonchev–Trinajstić information content (AvgIpc) is 3.23. The maximum Gasteiger partial charge on any atom is 0.273 e. The van der Waals surface area contributed by atoms with Gasteiger partial charge in [-0.15, -0.1) is 11.3 Å². The Hall–Kier alpha value is -3.89. The first-order valence-electron chi connectivity index (χ1n) is 9.77. The fourth-order valence-corrected chi connectivity index (χ4v) is 4.49. The van der Waals surface area contributed by atoms with E-state index >= 15 is 0 Å². The molecule has 1 aromatic heterocycles. The lowest BCUT2D eigenvalue weighted by molar-refractivity contribution is -0.385. The van der Waals surface area contributed by atoms with E-state index in [9.17, 15) is 14.9 Å². The molecule has 0 saturated heterocycles. The smallest absolute Gasteiger partial charge is 0.273 e. The number of anilines is 1. The summed E-state index contributed by atoms with van der Waals surface area (Å²) >= 11 is 6.88. The molecule has 166 valence electrons. The van der Waals surface area contributed by atoms with Gasteiger partial charge >= 0.3 is 0 Å². The molecule has 0 atom stereocenters. The maximum atomic E-state index is 12.7. The molecule has 0 aliphatic rings. The summed E-state index contributed by atoms with van der Waals surface area (Å²) in [6, 6.07) is 17.7. The van der Waals surface area contributed by atoms with Crippen molar-refractivity contribution < 1.29 is 14.5 Å². The average molecular weight is 479 g/mol. The fourth-order valence-electron chi connectivity index (χ4n) is 3.33. The Bertz CT molecular complexity index is 1370. The number of thiocarbonyl (C=S) groups is 1. The highest BCUT2D eigenvalue weighted by Crippen LogP contribution is 2.34. The number of aromatic nitrogens is 1. The van der Waals surface area contributed by atoms with Gasteiger partial charge in [0.15, 0.2) is 5.11 Å². The highest BCUT2D eigenvalue weighted by Gasteiger charge is 2.19. The van der Waals surface area contributed by atoms with Crippen LogP contribution in [0.25, 0.3) is 20.8 Å². The number of ether oxygens (including phenoxy) is 1. The van der Waals surface area contributed by atoms with Gasteiger partial charge in [0, 0.05) is 22.8 Å². The minimum Gasteiger partial charge on any atom is -0.495 e. The number of nitro benzene ring substituents is 1. The van der Waals surface area contributed by atoms with Crippen LogP contribution in [0, 0.1) is 17.0 Å². The van der Waals surface area contributed by atoms with Crippen LogP contribution in [-0.2, 0) is 0 Å². The van der Waals surface area contributed by atoms with Crippen LogP contribution in [0.2, 0.25) is 0 Å². The van der Waals surface area contributed by atoms with Gasteiger partial charge in [-0.1, -0.05) is 18.2 Å². The summed E-state index contributed by atoms with van der Waals surface area (Å²) in [5.74, 6) is -0.0158. The van der Waals surface area contributed by atoms with E-state index in [4.69, 9.17) is 17.0 Å². The molecular formula is C23H18N4O4S2. The van der Waals surface area contributed by atoms with Crippen molar-refractivity contribution in [1.29, 1.82) is 0 Å². The molecule has 0 spiro atoms. The summed E-state index contributed by atoms with van der Waals surface area (Å²) in [4.78, 5) is 28.0. The number of hydrogen-bond donors (Lipinski definition) is 2. The Morgan fingerprint density at radius 3 is 2.67 bits per heavy atom. The molecule has 1 amide bonds. The number of nitro groups is 1. The third-order valence-corrected chi connectivity index (χ3v) is 6.25. The number of nitrogens with zero attached hydrogens (tertiary/aromatic N) is 2. The molecule has 33 heavy (non-hydrogen) atoms. The molecule has 0 radical (unpaired) electrons. The first-order valence-corrected chi connectivity index (χ1v) is 11.0. The van der Waals surface area contributed by atoms with Gasteiger partial charge in [0.1, 0.15) is 10.8 Å². The molecule has 0 aliphatic carbocycles. The van der Waals surface area contributed by atoms with Crippen molar-refractivity contribution in [2.24, 2.45) is 0 Å². The van der Waals surface area contributed by atoms with E-state index < -0.39 is 10.8 Å². The van der Waals surface area contributed by atoms with E-state index in [1.807, 2.05) is 36.4 Å². The molecule has 2 N–H and O–H groups in total. The van der Waals surface area contributed by atoms with Crippen molar-refractivity contribution in [3.05, 3.63) is 81.9 Å². The minimum absolute atomic E-state index is 0.0330. The summed E-state index contributed by atoms with van der Waals surface area (Å²) in [5, 5.41) is 17.6. The van der Waals surface area contributed by atoms with Crippen LogP contribution >= 0.6 is 23.6 Å².